The summed E-state index contributed by atoms with van der Waals surface area (Å²) in [6, 6.07) is 0. The average molecular weight is 230 g/mol. The smallest absolute Gasteiger partial charge is 0.193 e. The van der Waals surface area contributed by atoms with E-state index < -0.39 is 8.32 Å². The van der Waals surface area contributed by atoms with Crippen LogP contribution < -0.4 is 0 Å². The van der Waals surface area contributed by atoms with Crippen molar-refractivity contribution in [2.45, 2.75) is 65.8 Å². The molecule has 0 bridgehead atoms. The zero-order chi connectivity index (χ0) is 12.5. The Labute approximate surface area is 95.5 Å². The quantitative estimate of drug-likeness (QED) is 0.547. The summed E-state index contributed by atoms with van der Waals surface area (Å²) in [4.78, 5) is 11.1. The molecular formula is C12H26O2Si. The molecule has 0 fully saturated rings. The van der Waals surface area contributed by atoms with Gasteiger partial charge in [-0.1, -0.05) is 41.5 Å². The second-order valence-corrected chi connectivity index (χ2v) is 11.6. The molecule has 0 rings (SSSR count). The minimum Gasteiger partial charge on any atom is -0.407 e. The Morgan fingerprint density at radius 1 is 1.07 bits per heavy atom. The van der Waals surface area contributed by atoms with E-state index in [1.54, 1.807) is 0 Å². The predicted octanol–water partition coefficient (Wildman–Crippen LogP) is 3.62. The van der Waals surface area contributed by atoms with E-state index >= 15 is 0 Å². The Bertz CT molecular complexity index is 221. The average Bonchev–Trinajstić information content (AvgIpc) is 1.95. The van der Waals surface area contributed by atoms with Crippen molar-refractivity contribution in [2.75, 3.05) is 0 Å². The zero-order valence-electron chi connectivity index (χ0n) is 11.5. The summed E-state index contributed by atoms with van der Waals surface area (Å²) in [7, 11) is -1.83. The maximum Gasteiger partial charge on any atom is 0.193 e. The fourth-order valence-electron chi connectivity index (χ4n) is 0.903. The van der Waals surface area contributed by atoms with E-state index in [0.29, 0.717) is 0 Å². The van der Waals surface area contributed by atoms with Gasteiger partial charge in [0.1, 0.15) is 12.4 Å². The van der Waals surface area contributed by atoms with Gasteiger partial charge in [-0.05, 0) is 23.5 Å². The molecule has 0 aromatic carbocycles. The van der Waals surface area contributed by atoms with Crippen LogP contribution in [0.1, 0.15) is 41.5 Å². The second-order valence-electron chi connectivity index (χ2n) is 6.80. The van der Waals surface area contributed by atoms with Gasteiger partial charge in [0, 0.05) is 0 Å². The number of hydrogen-bond donors (Lipinski definition) is 0. The minimum absolute atomic E-state index is 0.114. The van der Waals surface area contributed by atoms with Crippen molar-refractivity contribution in [3.63, 3.8) is 0 Å². The van der Waals surface area contributed by atoms with Crippen molar-refractivity contribution in [1.82, 2.24) is 0 Å². The molecule has 0 saturated heterocycles. The lowest BCUT2D eigenvalue weighted by Gasteiger charge is -2.41. The van der Waals surface area contributed by atoms with Gasteiger partial charge in [0.25, 0.3) is 0 Å². The summed E-state index contributed by atoms with van der Waals surface area (Å²) in [6.45, 7) is 17.0. The molecule has 0 saturated carbocycles. The molecule has 0 aliphatic heterocycles. The first-order chi connectivity index (χ1) is 6.42. The molecule has 0 aliphatic rings. The zero-order valence-corrected chi connectivity index (χ0v) is 12.5. The fraction of sp³-hybridized carbons (Fsp3) is 0.917. The molecule has 0 unspecified atom stereocenters. The largest absolute Gasteiger partial charge is 0.407 e. The van der Waals surface area contributed by atoms with Crippen molar-refractivity contribution >= 4 is 14.6 Å². The van der Waals surface area contributed by atoms with Crippen molar-refractivity contribution in [2.24, 2.45) is 5.41 Å². The van der Waals surface area contributed by atoms with Crippen LogP contribution in [0.25, 0.3) is 0 Å². The van der Waals surface area contributed by atoms with E-state index in [1.807, 2.05) is 20.8 Å². The van der Waals surface area contributed by atoms with Crippen molar-refractivity contribution in [3.05, 3.63) is 0 Å². The van der Waals surface area contributed by atoms with Gasteiger partial charge in [0.15, 0.2) is 8.32 Å². The molecule has 0 spiro atoms. The number of carbonyl (C=O) groups is 1. The summed E-state index contributed by atoms with van der Waals surface area (Å²) in [5, 5.41) is 0.152. The highest BCUT2D eigenvalue weighted by atomic mass is 28.4. The van der Waals surface area contributed by atoms with E-state index in [-0.39, 0.29) is 16.6 Å². The van der Waals surface area contributed by atoms with E-state index in [1.165, 1.54) is 0 Å². The molecule has 3 heteroatoms. The molecule has 0 heterocycles. The van der Waals surface area contributed by atoms with Gasteiger partial charge >= 0.3 is 0 Å². The normalized spacial score (nSPS) is 16.3. The summed E-state index contributed by atoms with van der Waals surface area (Å²) >= 11 is 0. The first-order valence-electron chi connectivity index (χ1n) is 5.55. The lowest BCUT2D eigenvalue weighted by molar-refractivity contribution is -0.118. The molecule has 0 aromatic heterocycles. The highest BCUT2D eigenvalue weighted by molar-refractivity contribution is 6.74. The Balaban J connectivity index is 4.78. The van der Waals surface area contributed by atoms with Gasteiger partial charge < -0.3 is 9.22 Å². The topological polar surface area (TPSA) is 26.3 Å². The highest BCUT2D eigenvalue weighted by Gasteiger charge is 2.41. The molecule has 0 aliphatic carbocycles. The SMILES string of the molecule is CC(C)(C)[C@@H](C=O)O[Si](C)(C)C(C)(C)C. The molecule has 0 N–H and O–H groups in total. The molecule has 0 amide bonds. The van der Waals surface area contributed by atoms with Gasteiger partial charge in [-0.15, -0.1) is 0 Å². The van der Waals surface area contributed by atoms with Crippen molar-refractivity contribution in [1.29, 1.82) is 0 Å². The summed E-state index contributed by atoms with van der Waals surface area (Å²) in [6.07, 6.45) is 0.652. The van der Waals surface area contributed by atoms with Crippen LogP contribution in [0.5, 0.6) is 0 Å². The van der Waals surface area contributed by atoms with Gasteiger partial charge in [0.2, 0.25) is 0 Å². The van der Waals surface area contributed by atoms with Crippen LogP contribution in [0.15, 0.2) is 0 Å². The van der Waals surface area contributed by atoms with Crippen LogP contribution in [0.2, 0.25) is 18.1 Å². The third-order valence-electron chi connectivity index (χ3n) is 3.20. The van der Waals surface area contributed by atoms with Crippen molar-refractivity contribution in [3.8, 4) is 0 Å². The maximum atomic E-state index is 11.1. The summed E-state index contributed by atoms with van der Waals surface area (Å²) < 4.78 is 6.09. The van der Waals surface area contributed by atoms with E-state index in [9.17, 15) is 4.79 Å². The molecule has 1 atom stereocenters. The number of aldehydes is 1. The third kappa shape index (κ3) is 4.07. The van der Waals surface area contributed by atoms with Crippen LogP contribution in [-0.2, 0) is 9.22 Å². The number of carbonyl (C=O) groups excluding carboxylic acids is 1. The van der Waals surface area contributed by atoms with Crippen LogP contribution in [0.3, 0.4) is 0 Å². The summed E-state index contributed by atoms with van der Waals surface area (Å²) in [5.74, 6) is 0. The fourth-order valence-corrected chi connectivity index (χ4v) is 2.30. The van der Waals surface area contributed by atoms with Crippen molar-refractivity contribution < 1.29 is 9.22 Å². The minimum atomic E-state index is -1.83. The van der Waals surface area contributed by atoms with E-state index in [4.69, 9.17) is 4.43 Å². The molecular weight excluding hydrogens is 204 g/mol. The lowest BCUT2D eigenvalue weighted by Crippen LogP contribution is -2.47. The molecule has 90 valence electrons. The molecule has 2 nitrogen and oxygen atoms in total. The molecule has 15 heavy (non-hydrogen) atoms. The predicted molar refractivity (Wildman–Crippen MR) is 67.6 cm³/mol. The van der Waals surface area contributed by atoms with Gasteiger partial charge in [-0.3, -0.25) is 0 Å². The maximum absolute atomic E-state index is 11.1. The molecule has 0 radical (unpaired) electrons. The number of rotatable bonds is 3. The standard InChI is InChI=1S/C12H26O2Si/c1-11(2,3)10(9-13)14-15(7,8)12(4,5)6/h9-10H,1-8H3/t10-/m1/s1. The van der Waals surface area contributed by atoms with Crippen LogP contribution in [-0.4, -0.2) is 20.7 Å². The Morgan fingerprint density at radius 3 is 1.67 bits per heavy atom. The molecule has 0 aromatic rings. The number of hydrogen-bond acceptors (Lipinski definition) is 2. The van der Waals surface area contributed by atoms with Gasteiger partial charge in [0.05, 0.1) is 0 Å². The van der Waals surface area contributed by atoms with Crippen LogP contribution in [0.4, 0.5) is 0 Å². The van der Waals surface area contributed by atoms with E-state index in [2.05, 4.69) is 33.9 Å². The third-order valence-corrected chi connectivity index (χ3v) is 7.66. The Kier molecular flexibility index (Phi) is 4.33. The van der Waals surface area contributed by atoms with Crippen LogP contribution in [0, 0.1) is 5.41 Å². The van der Waals surface area contributed by atoms with E-state index in [0.717, 1.165) is 6.29 Å². The second kappa shape index (κ2) is 4.38. The van der Waals surface area contributed by atoms with Crippen LogP contribution >= 0.6 is 0 Å². The summed E-state index contributed by atoms with van der Waals surface area (Å²) in [5.41, 5.74) is -0.114. The Morgan fingerprint density at radius 2 is 1.47 bits per heavy atom. The lowest BCUT2D eigenvalue weighted by atomic mass is 9.90. The van der Waals surface area contributed by atoms with Gasteiger partial charge in [-0.25, -0.2) is 0 Å². The highest BCUT2D eigenvalue weighted by Crippen LogP contribution is 2.39. The monoisotopic (exact) mass is 230 g/mol. The first kappa shape index (κ1) is 14.8. The van der Waals surface area contributed by atoms with Gasteiger partial charge in [-0.2, -0.15) is 0 Å². The Hall–Kier alpha value is -0.153. The first-order valence-corrected chi connectivity index (χ1v) is 8.46.